The summed E-state index contributed by atoms with van der Waals surface area (Å²) in [6.07, 6.45) is 5.68. The van der Waals surface area contributed by atoms with Crippen molar-refractivity contribution in [2.45, 2.75) is 38.5 Å². The Labute approximate surface area is 223 Å². The molecule has 2 aromatic carbocycles. The first-order valence-corrected chi connectivity index (χ1v) is 12.5. The molecule has 0 bridgehead atoms. The normalized spacial score (nSPS) is 14.3. The zero-order chi connectivity index (χ0) is 24.5. The van der Waals surface area contributed by atoms with Crippen molar-refractivity contribution in [2.75, 3.05) is 39.0 Å². The number of Topliss-reactive ketones (excluding diaryl/α,β-unsaturated/α-hetero) is 1. The van der Waals surface area contributed by atoms with Crippen LogP contribution in [0.1, 0.15) is 59.2 Å². The van der Waals surface area contributed by atoms with E-state index in [0.29, 0.717) is 51.5 Å². The Morgan fingerprint density at radius 1 is 1.11 bits per heavy atom. The van der Waals surface area contributed by atoms with Crippen LogP contribution < -0.4 is 15.8 Å². The fraction of sp³-hybridized carbons (Fsp3) is 0.462. The minimum atomic E-state index is -0.200. The molecule has 1 aliphatic rings. The molecule has 3 rings (SSSR count). The van der Waals surface area contributed by atoms with Gasteiger partial charge in [0.2, 0.25) is 0 Å². The van der Waals surface area contributed by atoms with Crippen molar-refractivity contribution >= 4 is 53.0 Å². The van der Waals surface area contributed by atoms with Gasteiger partial charge in [0.15, 0.2) is 5.78 Å². The summed E-state index contributed by atoms with van der Waals surface area (Å²) in [6.45, 7) is 3.73. The lowest BCUT2D eigenvalue weighted by Gasteiger charge is -2.32. The summed E-state index contributed by atoms with van der Waals surface area (Å²) in [7, 11) is 1.51. The standard InChI is InChI=1S/C26H33Cl2N3O3.ClH/c1-34-25-16-23(29)22(28)15-21(25)26(33)30-17-18-9-12-31(13-10-18)11-4-2-3-8-24(32)19-6-5-7-20(27)14-19;/h5-7,14-16,18H,2-4,8-13,17,29H2,1H3,(H,30,33);1H. The highest BCUT2D eigenvalue weighted by Gasteiger charge is 2.21. The number of ether oxygens (including phenoxy) is 1. The van der Waals surface area contributed by atoms with Crippen molar-refractivity contribution in [1.29, 1.82) is 0 Å². The third-order valence-corrected chi connectivity index (χ3v) is 6.91. The van der Waals surface area contributed by atoms with Gasteiger partial charge in [0, 0.05) is 29.6 Å². The Hall–Kier alpha value is -1.99. The monoisotopic (exact) mass is 541 g/mol. The number of amides is 1. The van der Waals surface area contributed by atoms with Gasteiger partial charge in [-0.15, -0.1) is 12.4 Å². The van der Waals surface area contributed by atoms with Crippen molar-refractivity contribution in [3.63, 3.8) is 0 Å². The number of hydrogen-bond donors (Lipinski definition) is 2. The van der Waals surface area contributed by atoms with E-state index in [0.717, 1.165) is 51.7 Å². The molecule has 1 heterocycles. The number of anilines is 1. The number of rotatable bonds is 11. The topological polar surface area (TPSA) is 84.7 Å². The van der Waals surface area contributed by atoms with Gasteiger partial charge in [0.25, 0.3) is 5.91 Å². The number of methoxy groups -OCH3 is 1. The minimum absolute atomic E-state index is 0. The van der Waals surface area contributed by atoms with E-state index in [4.69, 9.17) is 33.7 Å². The molecule has 192 valence electrons. The minimum Gasteiger partial charge on any atom is -0.496 e. The Bertz CT molecular complexity index is 995. The van der Waals surface area contributed by atoms with Gasteiger partial charge in [0.1, 0.15) is 5.75 Å². The number of carbonyl (C=O) groups excluding carboxylic acids is 2. The molecule has 1 amide bonds. The molecule has 0 aromatic heterocycles. The van der Waals surface area contributed by atoms with Gasteiger partial charge in [0.05, 0.1) is 23.4 Å². The van der Waals surface area contributed by atoms with Gasteiger partial charge in [-0.2, -0.15) is 0 Å². The van der Waals surface area contributed by atoms with Crippen LogP contribution in [0.15, 0.2) is 36.4 Å². The molecule has 2 aromatic rings. The molecule has 0 unspecified atom stereocenters. The first-order valence-electron chi connectivity index (χ1n) is 11.8. The highest BCUT2D eigenvalue weighted by molar-refractivity contribution is 6.33. The molecule has 3 N–H and O–H groups in total. The Morgan fingerprint density at radius 3 is 2.54 bits per heavy atom. The number of nitrogens with one attached hydrogen (secondary N) is 1. The van der Waals surface area contributed by atoms with Crippen molar-refractivity contribution in [3.8, 4) is 5.75 Å². The van der Waals surface area contributed by atoms with Crippen LogP contribution in [0, 0.1) is 5.92 Å². The quantitative estimate of drug-likeness (QED) is 0.210. The van der Waals surface area contributed by atoms with E-state index >= 15 is 0 Å². The molecule has 0 spiro atoms. The van der Waals surface area contributed by atoms with Crippen molar-refractivity contribution < 1.29 is 14.3 Å². The maximum Gasteiger partial charge on any atom is 0.255 e. The van der Waals surface area contributed by atoms with E-state index in [1.165, 1.54) is 7.11 Å². The number of unbranched alkanes of at least 4 members (excludes halogenated alkanes) is 2. The SMILES string of the molecule is COc1cc(N)c(Cl)cc1C(=O)NCC1CCN(CCCCCC(=O)c2cccc(Cl)c2)CC1.Cl. The predicted molar refractivity (Wildman–Crippen MR) is 145 cm³/mol. The van der Waals surface area contributed by atoms with E-state index in [1.54, 1.807) is 24.3 Å². The number of nitrogen functional groups attached to an aromatic ring is 1. The molecule has 9 heteroatoms. The number of hydrogen-bond acceptors (Lipinski definition) is 5. The maximum atomic E-state index is 12.6. The number of benzene rings is 2. The largest absolute Gasteiger partial charge is 0.496 e. The fourth-order valence-corrected chi connectivity index (χ4v) is 4.62. The molecular weight excluding hydrogens is 509 g/mol. The first-order chi connectivity index (χ1) is 16.4. The van der Waals surface area contributed by atoms with E-state index in [1.807, 2.05) is 12.1 Å². The average Bonchev–Trinajstić information content (AvgIpc) is 2.84. The summed E-state index contributed by atoms with van der Waals surface area (Å²) in [6, 6.07) is 10.3. The van der Waals surface area contributed by atoms with Crippen LogP contribution in [0.3, 0.4) is 0 Å². The summed E-state index contributed by atoms with van der Waals surface area (Å²) < 4.78 is 5.27. The zero-order valence-corrected chi connectivity index (χ0v) is 22.4. The summed E-state index contributed by atoms with van der Waals surface area (Å²) >= 11 is 12.0. The smallest absolute Gasteiger partial charge is 0.255 e. The Morgan fingerprint density at radius 2 is 1.86 bits per heavy atom. The van der Waals surface area contributed by atoms with Crippen LogP contribution in [0.25, 0.3) is 0 Å². The summed E-state index contributed by atoms with van der Waals surface area (Å²) in [5.41, 5.74) is 7.27. The van der Waals surface area contributed by atoms with Gasteiger partial charge >= 0.3 is 0 Å². The van der Waals surface area contributed by atoms with E-state index in [9.17, 15) is 9.59 Å². The molecule has 0 radical (unpaired) electrons. The van der Waals surface area contributed by atoms with Crippen molar-refractivity contribution in [3.05, 3.63) is 57.6 Å². The molecule has 0 atom stereocenters. The molecule has 1 fully saturated rings. The lowest BCUT2D eigenvalue weighted by Crippen LogP contribution is -2.39. The Balaban J connectivity index is 0.00000432. The number of halogens is 3. The lowest BCUT2D eigenvalue weighted by molar-refractivity contribution is 0.0932. The van der Waals surface area contributed by atoms with E-state index in [2.05, 4.69) is 10.2 Å². The average molecular weight is 543 g/mol. The second-order valence-corrected chi connectivity index (χ2v) is 9.66. The number of ketones is 1. The van der Waals surface area contributed by atoms with Gasteiger partial charge in [-0.05, 0) is 69.4 Å². The van der Waals surface area contributed by atoms with E-state index < -0.39 is 0 Å². The van der Waals surface area contributed by atoms with Gasteiger partial charge in [-0.25, -0.2) is 0 Å². The third kappa shape index (κ3) is 8.87. The number of carbonyl (C=O) groups is 2. The predicted octanol–water partition coefficient (Wildman–Crippen LogP) is 5.89. The van der Waals surface area contributed by atoms with Crippen LogP contribution in [-0.2, 0) is 0 Å². The lowest BCUT2D eigenvalue weighted by atomic mass is 9.96. The highest BCUT2D eigenvalue weighted by Crippen LogP contribution is 2.29. The van der Waals surface area contributed by atoms with Gasteiger partial charge < -0.3 is 20.7 Å². The van der Waals surface area contributed by atoms with E-state index in [-0.39, 0.29) is 24.1 Å². The van der Waals surface area contributed by atoms with Gasteiger partial charge in [-0.3, -0.25) is 9.59 Å². The molecule has 35 heavy (non-hydrogen) atoms. The number of nitrogens with zero attached hydrogens (tertiary/aromatic N) is 1. The zero-order valence-electron chi connectivity index (χ0n) is 20.0. The number of piperidine rings is 1. The van der Waals surface area contributed by atoms with Crippen LogP contribution >= 0.6 is 35.6 Å². The number of nitrogens with two attached hydrogens (primary N) is 1. The second kappa shape index (κ2) is 14.5. The summed E-state index contributed by atoms with van der Waals surface area (Å²) in [4.78, 5) is 27.3. The highest BCUT2D eigenvalue weighted by atomic mass is 35.5. The van der Waals surface area contributed by atoms with Gasteiger partial charge in [-0.1, -0.05) is 41.8 Å². The molecule has 0 saturated carbocycles. The molecule has 1 aliphatic heterocycles. The van der Waals surface area contributed by atoms with Crippen LogP contribution in [0.5, 0.6) is 5.75 Å². The number of likely N-dealkylation sites (tertiary alicyclic amines) is 1. The molecule has 0 aliphatic carbocycles. The van der Waals surface area contributed by atoms with Crippen LogP contribution in [0.2, 0.25) is 10.0 Å². The third-order valence-electron chi connectivity index (χ3n) is 6.35. The van der Waals surface area contributed by atoms with Crippen LogP contribution in [0.4, 0.5) is 5.69 Å². The second-order valence-electron chi connectivity index (χ2n) is 8.81. The summed E-state index contributed by atoms with van der Waals surface area (Å²) in [5, 5.41) is 3.96. The van der Waals surface area contributed by atoms with Crippen molar-refractivity contribution in [2.24, 2.45) is 5.92 Å². The molecule has 6 nitrogen and oxygen atoms in total. The van der Waals surface area contributed by atoms with Crippen molar-refractivity contribution in [1.82, 2.24) is 10.2 Å². The molecular formula is C26H34Cl3N3O3. The summed E-state index contributed by atoms with van der Waals surface area (Å²) in [5.74, 6) is 0.826. The van der Waals surface area contributed by atoms with Crippen LogP contribution in [-0.4, -0.2) is 49.9 Å². The fourth-order valence-electron chi connectivity index (χ4n) is 4.27. The maximum absolute atomic E-state index is 12.6. The first kappa shape index (κ1) is 29.2. The Kier molecular flexibility index (Phi) is 12.1. The molecule has 1 saturated heterocycles.